The second-order valence-corrected chi connectivity index (χ2v) is 12.3. The number of benzene rings is 2. The molecule has 5 rings (SSSR count). The van der Waals surface area contributed by atoms with Crippen molar-refractivity contribution < 1.29 is 33.3 Å². The zero-order valence-electron chi connectivity index (χ0n) is 24.3. The van der Waals surface area contributed by atoms with Crippen LogP contribution < -0.4 is 10.2 Å². The molecule has 2 amide bonds. The lowest BCUT2D eigenvalue weighted by Gasteiger charge is -2.32. The summed E-state index contributed by atoms with van der Waals surface area (Å²) in [6.07, 6.45) is 5.50. The summed E-state index contributed by atoms with van der Waals surface area (Å²) in [7, 11) is -4.07. The minimum absolute atomic E-state index is 0.0125. The number of hydrogen-bond donors (Lipinski definition) is 1. The van der Waals surface area contributed by atoms with Crippen LogP contribution in [0.4, 0.5) is 5.69 Å². The van der Waals surface area contributed by atoms with Crippen molar-refractivity contribution in [2.24, 2.45) is 0 Å². The van der Waals surface area contributed by atoms with E-state index in [1.807, 2.05) is 52.0 Å². The molecule has 9 nitrogen and oxygen atoms in total. The molecule has 218 valence electrons. The minimum Gasteiger partial charge on any atom is -0.372 e. The van der Waals surface area contributed by atoms with Crippen LogP contribution in [0.5, 0.6) is 0 Å². The standard InChI is InChI=1S/C32H34N3O6P/c1-5-33(6-2)21-13-15-25-27(19-21)42(39,40)28-20-22(34(7-3)8-4)14-16-26(28)31(25)23-11-9-10-12-24(23)32(38)41-35-29(36)17-18-30(35)37/h9-16,19-20H,5-8,17-18H2,1-4H3/p+1. The predicted octanol–water partition coefficient (Wildman–Crippen LogP) is 4.41. The molecule has 1 atom stereocenters. The molecule has 1 aliphatic carbocycles. The summed E-state index contributed by atoms with van der Waals surface area (Å²) in [4.78, 5) is 57.0. The van der Waals surface area contributed by atoms with E-state index >= 15 is 0 Å². The first-order valence-corrected chi connectivity index (χ1v) is 16.0. The third-order valence-electron chi connectivity index (χ3n) is 8.01. The molecule has 1 saturated heterocycles. The van der Waals surface area contributed by atoms with Gasteiger partial charge in [-0.05, 0) is 74.2 Å². The number of hydrogen-bond acceptors (Lipinski definition) is 6. The molecule has 0 radical (unpaired) electrons. The van der Waals surface area contributed by atoms with Gasteiger partial charge in [-0.3, -0.25) is 14.2 Å². The van der Waals surface area contributed by atoms with Gasteiger partial charge >= 0.3 is 5.97 Å². The van der Waals surface area contributed by atoms with E-state index in [0.717, 1.165) is 37.6 Å². The Balaban J connectivity index is 1.76. The van der Waals surface area contributed by atoms with Gasteiger partial charge in [0.2, 0.25) is 5.71 Å². The van der Waals surface area contributed by atoms with Crippen molar-refractivity contribution in [1.29, 1.82) is 0 Å². The van der Waals surface area contributed by atoms with Gasteiger partial charge in [-0.25, -0.2) is 9.37 Å². The van der Waals surface area contributed by atoms with Crippen molar-refractivity contribution >= 4 is 47.4 Å². The summed E-state index contributed by atoms with van der Waals surface area (Å²) in [5.41, 5.74) is 3.93. The molecule has 1 unspecified atom stereocenters. The second kappa shape index (κ2) is 11.7. The number of anilines is 1. The van der Waals surface area contributed by atoms with Crippen LogP contribution in [-0.4, -0.2) is 64.2 Å². The van der Waals surface area contributed by atoms with Crippen LogP contribution in [0.1, 0.15) is 62.0 Å². The molecule has 3 aliphatic rings. The van der Waals surface area contributed by atoms with E-state index in [1.54, 1.807) is 36.4 Å². The van der Waals surface area contributed by atoms with Crippen LogP contribution in [0.3, 0.4) is 0 Å². The zero-order chi connectivity index (χ0) is 30.2. The van der Waals surface area contributed by atoms with Crippen LogP contribution in [0, 0.1) is 0 Å². The third kappa shape index (κ3) is 4.97. The van der Waals surface area contributed by atoms with Crippen LogP contribution >= 0.6 is 7.37 Å². The maximum atomic E-state index is 14.4. The van der Waals surface area contributed by atoms with E-state index in [1.165, 1.54) is 0 Å². The molecule has 0 bridgehead atoms. The Hall–Kier alpha value is -4.07. The highest BCUT2D eigenvalue weighted by molar-refractivity contribution is 7.71. The van der Waals surface area contributed by atoms with Gasteiger partial charge < -0.3 is 14.6 Å². The fourth-order valence-corrected chi connectivity index (χ4v) is 7.67. The van der Waals surface area contributed by atoms with Crippen LogP contribution in [0.25, 0.3) is 5.57 Å². The summed E-state index contributed by atoms with van der Waals surface area (Å²) in [6.45, 7) is 11.0. The molecule has 0 aromatic heterocycles. The van der Waals surface area contributed by atoms with E-state index in [4.69, 9.17) is 4.84 Å². The number of hydroxylamine groups is 2. The highest BCUT2D eigenvalue weighted by Crippen LogP contribution is 2.60. The number of amides is 2. The van der Waals surface area contributed by atoms with E-state index in [0.29, 0.717) is 38.0 Å². The molecule has 2 heterocycles. The first-order chi connectivity index (χ1) is 20.2. The number of imide groups is 1. The summed E-state index contributed by atoms with van der Waals surface area (Å²) in [5, 5.41) is 1.11. The molecule has 2 aliphatic heterocycles. The van der Waals surface area contributed by atoms with Crippen molar-refractivity contribution in [3.8, 4) is 0 Å². The highest BCUT2D eigenvalue weighted by atomic mass is 31.2. The Morgan fingerprint density at radius 3 is 2.29 bits per heavy atom. The van der Waals surface area contributed by atoms with Gasteiger partial charge in [-0.2, -0.15) is 0 Å². The second-order valence-electron chi connectivity index (χ2n) is 10.2. The SMILES string of the molecule is CCN(CC)c1ccc2c(c1)P(=O)(O)C1=CC(=[N+](CC)CC)C=CC1=C2c1ccccc1C(=O)ON1C(=O)CCC1=O. The quantitative estimate of drug-likeness (QED) is 0.277. The summed E-state index contributed by atoms with van der Waals surface area (Å²) in [6, 6.07) is 12.3. The first-order valence-electron chi connectivity index (χ1n) is 14.3. The van der Waals surface area contributed by atoms with E-state index in [2.05, 4.69) is 9.48 Å². The Kier molecular flexibility index (Phi) is 8.17. The van der Waals surface area contributed by atoms with E-state index in [-0.39, 0.29) is 18.4 Å². The molecule has 2 aromatic rings. The molecular formula is C32H35N3O6P+. The fraction of sp³-hybridized carbons (Fsp3) is 0.312. The van der Waals surface area contributed by atoms with Crippen LogP contribution in [0.2, 0.25) is 0 Å². The molecule has 42 heavy (non-hydrogen) atoms. The average molecular weight is 589 g/mol. The van der Waals surface area contributed by atoms with Gasteiger partial charge in [0.15, 0.2) is 0 Å². The number of nitrogens with zero attached hydrogens (tertiary/aromatic N) is 3. The summed E-state index contributed by atoms with van der Waals surface area (Å²) >= 11 is 0. The van der Waals surface area contributed by atoms with E-state index < -0.39 is 25.2 Å². The topological polar surface area (TPSA) is 107 Å². The Labute approximate surface area is 245 Å². The number of rotatable bonds is 8. The predicted molar refractivity (Wildman–Crippen MR) is 162 cm³/mol. The van der Waals surface area contributed by atoms with Gasteiger partial charge in [-0.1, -0.05) is 24.3 Å². The molecule has 0 spiro atoms. The van der Waals surface area contributed by atoms with Gasteiger partial charge in [-0.15, -0.1) is 5.06 Å². The largest absolute Gasteiger partial charge is 0.372 e. The van der Waals surface area contributed by atoms with Gasteiger partial charge in [0, 0.05) is 43.8 Å². The maximum absolute atomic E-state index is 14.4. The van der Waals surface area contributed by atoms with Gasteiger partial charge in [0.1, 0.15) is 13.1 Å². The molecule has 2 aromatic carbocycles. The van der Waals surface area contributed by atoms with Crippen LogP contribution in [-0.2, 0) is 19.0 Å². The maximum Gasteiger partial charge on any atom is 0.364 e. The van der Waals surface area contributed by atoms with Crippen molar-refractivity contribution in [2.75, 3.05) is 31.1 Å². The monoisotopic (exact) mass is 588 g/mol. The molecule has 1 fully saturated rings. The molecular weight excluding hydrogens is 553 g/mol. The van der Waals surface area contributed by atoms with Crippen molar-refractivity contribution in [3.63, 3.8) is 0 Å². The Morgan fingerprint density at radius 2 is 1.64 bits per heavy atom. The number of carbonyl (C=O) groups excluding carboxylic acids is 3. The summed E-state index contributed by atoms with van der Waals surface area (Å²) < 4.78 is 16.5. The Bertz CT molecular complexity index is 1640. The average Bonchev–Trinajstić information content (AvgIpc) is 3.31. The summed E-state index contributed by atoms with van der Waals surface area (Å²) in [5.74, 6) is -2.00. The molecule has 10 heteroatoms. The third-order valence-corrected chi connectivity index (χ3v) is 10.1. The lowest BCUT2D eigenvalue weighted by molar-refractivity contribution is -0.519. The fourth-order valence-electron chi connectivity index (χ4n) is 5.77. The normalized spacial score (nSPS) is 19.5. The lowest BCUT2D eigenvalue weighted by atomic mass is 9.87. The van der Waals surface area contributed by atoms with Gasteiger partial charge in [0.05, 0.1) is 16.2 Å². The van der Waals surface area contributed by atoms with Crippen molar-refractivity contribution in [3.05, 3.63) is 88.3 Å². The number of carbonyl (C=O) groups is 3. The first kappa shape index (κ1) is 29.4. The molecule has 1 N–H and O–H groups in total. The smallest absolute Gasteiger partial charge is 0.364 e. The lowest BCUT2D eigenvalue weighted by Crippen LogP contribution is -2.32. The van der Waals surface area contributed by atoms with Crippen molar-refractivity contribution in [2.45, 2.75) is 40.5 Å². The van der Waals surface area contributed by atoms with Gasteiger partial charge in [0.25, 0.3) is 19.2 Å². The number of fused-ring (bicyclic) bond motifs is 2. The Morgan fingerprint density at radius 1 is 0.976 bits per heavy atom. The van der Waals surface area contributed by atoms with E-state index in [9.17, 15) is 23.8 Å². The zero-order valence-corrected chi connectivity index (χ0v) is 25.2. The van der Waals surface area contributed by atoms with Crippen molar-refractivity contribution in [1.82, 2.24) is 5.06 Å². The minimum atomic E-state index is -4.07. The number of allylic oxidation sites excluding steroid dienone is 5. The highest BCUT2D eigenvalue weighted by Gasteiger charge is 2.42. The van der Waals surface area contributed by atoms with Crippen LogP contribution in [0.15, 0.2) is 71.6 Å². The molecule has 0 saturated carbocycles.